The number of hydrogen-bond acceptors (Lipinski definition) is 3. The Morgan fingerprint density at radius 1 is 1.15 bits per heavy atom. The van der Waals surface area contributed by atoms with Crippen LogP contribution in [-0.4, -0.2) is 35.8 Å². The van der Waals surface area contributed by atoms with E-state index in [0.717, 1.165) is 5.69 Å². The van der Waals surface area contributed by atoms with Gasteiger partial charge in [0.25, 0.3) is 0 Å². The second-order valence-electron chi connectivity index (χ2n) is 7.86. The lowest BCUT2D eigenvalue weighted by Crippen LogP contribution is -2.60. The predicted molar refractivity (Wildman–Crippen MR) is 109 cm³/mol. The number of benzene rings is 2. The molecule has 0 unspecified atom stereocenters. The van der Waals surface area contributed by atoms with Crippen LogP contribution in [0.3, 0.4) is 0 Å². The van der Waals surface area contributed by atoms with Crippen molar-refractivity contribution in [1.29, 1.82) is 0 Å². The molecule has 5 heteroatoms. The van der Waals surface area contributed by atoms with Crippen LogP contribution < -0.4 is 10.2 Å². The zero-order valence-electron chi connectivity index (χ0n) is 16.7. The molecule has 1 N–H and O–H groups in total. The molecule has 0 saturated heterocycles. The van der Waals surface area contributed by atoms with Crippen molar-refractivity contribution >= 4 is 23.2 Å². The summed E-state index contributed by atoms with van der Waals surface area (Å²) in [5.74, 6) is -0.263. The van der Waals surface area contributed by atoms with E-state index >= 15 is 0 Å². The van der Waals surface area contributed by atoms with Crippen LogP contribution in [0.4, 0.5) is 11.4 Å². The van der Waals surface area contributed by atoms with E-state index in [9.17, 15) is 9.59 Å². The summed E-state index contributed by atoms with van der Waals surface area (Å²) in [4.78, 5) is 29.3. The Balaban J connectivity index is 1.81. The summed E-state index contributed by atoms with van der Waals surface area (Å²) in [5.41, 5.74) is 4.13. The lowest BCUT2D eigenvalue weighted by molar-refractivity contribution is -0.127. The van der Waals surface area contributed by atoms with Crippen molar-refractivity contribution < 1.29 is 9.59 Å². The van der Waals surface area contributed by atoms with Crippen LogP contribution in [0.25, 0.3) is 0 Å². The molecule has 0 radical (unpaired) electrons. The van der Waals surface area contributed by atoms with Gasteiger partial charge in [-0.3, -0.25) is 19.4 Å². The van der Waals surface area contributed by atoms with Crippen molar-refractivity contribution in [2.45, 2.75) is 39.8 Å². The fraction of sp³-hybridized carbons (Fsp3) is 0.364. The third kappa shape index (κ3) is 3.74. The van der Waals surface area contributed by atoms with Gasteiger partial charge >= 0.3 is 0 Å². The number of nitrogens with one attached hydrogen (secondary N) is 1. The molecule has 27 heavy (non-hydrogen) atoms. The van der Waals surface area contributed by atoms with Crippen molar-refractivity contribution in [3.8, 4) is 0 Å². The molecule has 2 aromatic rings. The highest BCUT2D eigenvalue weighted by atomic mass is 16.2. The van der Waals surface area contributed by atoms with Gasteiger partial charge in [-0.1, -0.05) is 35.9 Å². The maximum absolute atomic E-state index is 13.2. The van der Waals surface area contributed by atoms with E-state index in [-0.39, 0.29) is 18.4 Å². The summed E-state index contributed by atoms with van der Waals surface area (Å²) in [6, 6.07) is 13.8. The SMILES string of the molecule is Cc1ccc(CN(C)CC(=O)N2c3ccccc3NC(=O)C2(C)C)c(C)c1. The summed E-state index contributed by atoms with van der Waals surface area (Å²) in [5, 5.41) is 2.89. The largest absolute Gasteiger partial charge is 0.322 e. The smallest absolute Gasteiger partial charge is 0.250 e. The summed E-state index contributed by atoms with van der Waals surface area (Å²) in [7, 11) is 1.93. The van der Waals surface area contributed by atoms with Gasteiger partial charge in [0.15, 0.2) is 0 Å². The third-order valence-corrected chi connectivity index (χ3v) is 5.10. The molecule has 0 aromatic heterocycles. The van der Waals surface area contributed by atoms with E-state index in [2.05, 4.69) is 37.4 Å². The molecular weight excluding hydrogens is 338 g/mol. The van der Waals surface area contributed by atoms with Gasteiger partial charge in [-0.2, -0.15) is 0 Å². The van der Waals surface area contributed by atoms with Gasteiger partial charge in [-0.15, -0.1) is 0 Å². The number of anilines is 2. The van der Waals surface area contributed by atoms with Crippen LogP contribution in [0.2, 0.25) is 0 Å². The molecule has 5 nitrogen and oxygen atoms in total. The van der Waals surface area contributed by atoms with Crippen molar-refractivity contribution in [3.63, 3.8) is 0 Å². The Bertz CT molecular complexity index is 889. The quantitative estimate of drug-likeness (QED) is 0.902. The highest BCUT2D eigenvalue weighted by Crippen LogP contribution is 2.36. The van der Waals surface area contributed by atoms with E-state index in [1.165, 1.54) is 16.7 Å². The monoisotopic (exact) mass is 365 g/mol. The van der Waals surface area contributed by atoms with Crippen LogP contribution in [0.1, 0.15) is 30.5 Å². The van der Waals surface area contributed by atoms with E-state index in [1.54, 1.807) is 18.7 Å². The maximum Gasteiger partial charge on any atom is 0.250 e. The Hall–Kier alpha value is -2.66. The second kappa shape index (κ2) is 7.16. The van der Waals surface area contributed by atoms with Gasteiger partial charge < -0.3 is 5.32 Å². The number of para-hydroxylation sites is 2. The number of amides is 2. The third-order valence-electron chi connectivity index (χ3n) is 5.10. The van der Waals surface area contributed by atoms with Gasteiger partial charge in [0, 0.05) is 6.54 Å². The zero-order valence-corrected chi connectivity index (χ0v) is 16.7. The van der Waals surface area contributed by atoms with E-state index in [0.29, 0.717) is 12.2 Å². The fourth-order valence-corrected chi connectivity index (χ4v) is 3.57. The molecule has 1 aliphatic rings. The lowest BCUT2D eigenvalue weighted by atomic mass is 9.96. The maximum atomic E-state index is 13.2. The first-order valence-electron chi connectivity index (χ1n) is 9.18. The topological polar surface area (TPSA) is 52.7 Å². The molecule has 0 bridgehead atoms. The van der Waals surface area contributed by atoms with Crippen LogP contribution in [-0.2, 0) is 16.1 Å². The fourth-order valence-electron chi connectivity index (χ4n) is 3.57. The number of aryl methyl sites for hydroxylation is 2. The minimum Gasteiger partial charge on any atom is -0.322 e. The molecule has 3 rings (SSSR count). The molecule has 0 atom stereocenters. The van der Waals surface area contributed by atoms with Gasteiger partial charge in [-0.05, 0) is 58.0 Å². The van der Waals surface area contributed by atoms with Crippen LogP contribution in [0, 0.1) is 13.8 Å². The summed E-state index contributed by atoms with van der Waals surface area (Å²) in [6.45, 7) is 8.64. The van der Waals surface area contributed by atoms with Crippen molar-refractivity contribution in [2.75, 3.05) is 23.8 Å². The lowest BCUT2D eigenvalue weighted by Gasteiger charge is -2.42. The minimum absolute atomic E-state index is 0.0884. The van der Waals surface area contributed by atoms with Crippen LogP contribution in [0.15, 0.2) is 42.5 Å². The number of fused-ring (bicyclic) bond motifs is 1. The first-order valence-corrected chi connectivity index (χ1v) is 9.18. The number of hydrogen-bond donors (Lipinski definition) is 1. The van der Waals surface area contributed by atoms with E-state index < -0.39 is 5.54 Å². The first-order chi connectivity index (χ1) is 12.7. The van der Waals surface area contributed by atoms with Crippen LogP contribution in [0.5, 0.6) is 0 Å². The normalized spacial score (nSPS) is 15.5. The van der Waals surface area contributed by atoms with Gasteiger partial charge in [0.1, 0.15) is 5.54 Å². The molecule has 0 aliphatic carbocycles. The average molecular weight is 365 g/mol. The average Bonchev–Trinajstić information content (AvgIpc) is 2.58. The number of carbonyl (C=O) groups is 2. The van der Waals surface area contributed by atoms with Crippen molar-refractivity contribution in [1.82, 2.24) is 4.90 Å². The van der Waals surface area contributed by atoms with Crippen molar-refractivity contribution in [2.24, 2.45) is 0 Å². The number of likely N-dealkylation sites (N-methyl/N-ethyl adjacent to an activating group) is 1. The van der Waals surface area contributed by atoms with Gasteiger partial charge in [-0.25, -0.2) is 0 Å². The van der Waals surface area contributed by atoms with Gasteiger partial charge in [0.05, 0.1) is 17.9 Å². The Morgan fingerprint density at radius 3 is 2.56 bits per heavy atom. The highest BCUT2D eigenvalue weighted by molar-refractivity contribution is 6.14. The molecule has 0 spiro atoms. The summed E-state index contributed by atoms with van der Waals surface area (Å²) >= 11 is 0. The van der Waals surface area contributed by atoms with Crippen LogP contribution >= 0.6 is 0 Å². The standard InChI is InChI=1S/C22H27N3O2/c1-15-10-11-17(16(2)12-15)13-24(5)14-20(26)25-19-9-7-6-8-18(19)23-21(27)22(25,3)4/h6-12H,13-14H2,1-5H3,(H,23,27). The predicted octanol–water partition coefficient (Wildman–Crippen LogP) is 3.50. The number of carbonyl (C=O) groups excluding carboxylic acids is 2. The molecular formula is C22H27N3O2. The first kappa shape index (κ1) is 19.1. The molecule has 0 fully saturated rings. The van der Waals surface area contributed by atoms with Gasteiger partial charge in [0.2, 0.25) is 11.8 Å². The number of rotatable bonds is 4. The molecule has 142 valence electrons. The Labute approximate surface area is 161 Å². The minimum atomic E-state index is -0.938. The highest BCUT2D eigenvalue weighted by Gasteiger charge is 2.43. The van der Waals surface area contributed by atoms with E-state index in [4.69, 9.17) is 0 Å². The van der Waals surface area contributed by atoms with E-state index in [1.807, 2.05) is 36.2 Å². The summed E-state index contributed by atoms with van der Waals surface area (Å²) in [6.07, 6.45) is 0. The molecule has 1 aliphatic heterocycles. The molecule has 2 amide bonds. The molecule has 1 heterocycles. The Morgan fingerprint density at radius 2 is 1.85 bits per heavy atom. The Kier molecular flexibility index (Phi) is 5.07. The zero-order chi connectivity index (χ0) is 19.8. The summed E-state index contributed by atoms with van der Waals surface area (Å²) < 4.78 is 0. The second-order valence-corrected chi connectivity index (χ2v) is 7.86. The molecule has 0 saturated carbocycles. The molecule has 2 aromatic carbocycles. The van der Waals surface area contributed by atoms with Crippen molar-refractivity contribution in [3.05, 3.63) is 59.2 Å². The number of nitrogens with zero attached hydrogens (tertiary/aromatic N) is 2.